The number of halogens is 1. The summed E-state index contributed by atoms with van der Waals surface area (Å²) in [4.78, 5) is 8.18. The van der Waals surface area contributed by atoms with Gasteiger partial charge in [-0.15, -0.1) is 0 Å². The SMILES string of the molecule is NCc1ccnc(OCc2cccc(Br)c2)n1. The van der Waals surface area contributed by atoms with Gasteiger partial charge in [0.15, 0.2) is 0 Å². The molecule has 0 aliphatic heterocycles. The molecule has 2 aromatic rings. The molecular formula is C12H12BrN3O. The molecule has 1 aromatic carbocycles. The van der Waals surface area contributed by atoms with E-state index in [1.807, 2.05) is 24.3 Å². The van der Waals surface area contributed by atoms with Crippen LogP contribution in [0.25, 0.3) is 0 Å². The average molecular weight is 294 g/mol. The number of benzene rings is 1. The quantitative estimate of drug-likeness (QED) is 0.939. The minimum Gasteiger partial charge on any atom is -0.459 e. The fourth-order valence-corrected chi connectivity index (χ4v) is 1.78. The minimum atomic E-state index is 0.355. The van der Waals surface area contributed by atoms with Crippen LogP contribution in [0.3, 0.4) is 0 Å². The molecule has 5 heteroatoms. The lowest BCUT2D eigenvalue weighted by molar-refractivity contribution is 0.279. The predicted octanol–water partition coefficient (Wildman–Crippen LogP) is 2.28. The zero-order chi connectivity index (χ0) is 12.1. The highest BCUT2D eigenvalue weighted by atomic mass is 79.9. The first-order chi connectivity index (χ1) is 8.28. The van der Waals surface area contributed by atoms with Crippen LogP contribution in [0.2, 0.25) is 0 Å². The van der Waals surface area contributed by atoms with Crippen LogP contribution >= 0.6 is 15.9 Å². The molecule has 0 fully saturated rings. The maximum absolute atomic E-state index is 5.49. The van der Waals surface area contributed by atoms with Crippen LogP contribution in [0.5, 0.6) is 6.01 Å². The van der Waals surface area contributed by atoms with Gasteiger partial charge in [0.2, 0.25) is 0 Å². The zero-order valence-corrected chi connectivity index (χ0v) is 10.7. The van der Waals surface area contributed by atoms with Crippen molar-refractivity contribution in [1.82, 2.24) is 9.97 Å². The Labute approximate surface area is 108 Å². The molecule has 2 rings (SSSR count). The molecular weight excluding hydrogens is 282 g/mol. The molecule has 0 amide bonds. The summed E-state index contributed by atoms with van der Waals surface area (Å²) in [5.41, 5.74) is 7.32. The van der Waals surface area contributed by atoms with E-state index < -0.39 is 0 Å². The highest BCUT2D eigenvalue weighted by molar-refractivity contribution is 9.10. The van der Waals surface area contributed by atoms with Gasteiger partial charge in [0.05, 0.1) is 5.69 Å². The van der Waals surface area contributed by atoms with Gasteiger partial charge in [-0.2, -0.15) is 4.98 Å². The Morgan fingerprint density at radius 1 is 1.29 bits per heavy atom. The van der Waals surface area contributed by atoms with Crippen molar-refractivity contribution < 1.29 is 4.74 Å². The highest BCUT2D eigenvalue weighted by Gasteiger charge is 2.00. The van der Waals surface area contributed by atoms with Gasteiger partial charge in [-0.1, -0.05) is 28.1 Å². The molecule has 0 aliphatic rings. The number of ether oxygens (including phenoxy) is 1. The summed E-state index contributed by atoms with van der Waals surface area (Å²) < 4.78 is 6.51. The van der Waals surface area contributed by atoms with E-state index in [-0.39, 0.29) is 0 Å². The Morgan fingerprint density at radius 2 is 2.18 bits per heavy atom. The molecule has 17 heavy (non-hydrogen) atoms. The van der Waals surface area contributed by atoms with E-state index in [0.717, 1.165) is 15.7 Å². The van der Waals surface area contributed by atoms with E-state index in [4.69, 9.17) is 10.5 Å². The van der Waals surface area contributed by atoms with Crippen LogP contribution in [0.1, 0.15) is 11.3 Å². The van der Waals surface area contributed by atoms with Crippen LogP contribution in [-0.2, 0) is 13.2 Å². The first-order valence-corrected chi connectivity index (χ1v) is 5.96. The molecule has 2 N–H and O–H groups in total. The normalized spacial score (nSPS) is 10.2. The van der Waals surface area contributed by atoms with Gasteiger partial charge in [0.1, 0.15) is 6.61 Å². The molecule has 1 aromatic heterocycles. The first-order valence-electron chi connectivity index (χ1n) is 5.17. The maximum Gasteiger partial charge on any atom is 0.316 e. The molecule has 0 radical (unpaired) electrons. The standard InChI is InChI=1S/C12H12BrN3O/c13-10-3-1-2-9(6-10)8-17-12-15-5-4-11(7-14)16-12/h1-6H,7-8,14H2. The van der Waals surface area contributed by atoms with Crippen molar-refractivity contribution in [3.8, 4) is 6.01 Å². The number of hydrogen-bond donors (Lipinski definition) is 1. The smallest absolute Gasteiger partial charge is 0.316 e. The molecule has 0 aliphatic carbocycles. The first kappa shape index (κ1) is 12.0. The van der Waals surface area contributed by atoms with Crippen LogP contribution in [0, 0.1) is 0 Å². The van der Waals surface area contributed by atoms with Crippen molar-refractivity contribution in [2.45, 2.75) is 13.2 Å². The second-order valence-electron chi connectivity index (χ2n) is 3.45. The van der Waals surface area contributed by atoms with E-state index >= 15 is 0 Å². The minimum absolute atomic E-state index is 0.355. The lowest BCUT2D eigenvalue weighted by Crippen LogP contribution is -2.04. The van der Waals surface area contributed by atoms with Crippen LogP contribution < -0.4 is 10.5 Å². The van der Waals surface area contributed by atoms with E-state index in [2.05, 4.69) is 25.9 Å². The second-order valence-corrected chi connectivity index (χ2v) is 4.37. The van der Waals surface area contributed by atoms with Crippen LogP contribution in [0.4, 0.5) is 0 Å². The lowest BCUT2D eigenvalue weighted by atomic mass is 10.2. The molecule has 4 nitrogen and oxygen atoms in total. The molecule has 0 atom stereocenters. The largest absolute Gasteiger partial charge is 0.459 e. The Hall–Kier alpha value is -1.46. The Balaban J connectivity index is 2.02. The van der Waals surface area contributed by atoms with Gasteiger partial charge in [-0.25, -0.2) is 4.98 Å². The molecule has 0 saturated heterocycles. The lowest BCUT2D eigenvalue weighted by Gasteiger charge is -2.05. The van der Waals surface area contributed by atoms with Crippen molar-refractivity contribution in [2.75, 3.05) is 0 Å². The predicted molar refractivity (Wildman–Crippen MR) is 68.4 cm³/mol. The Bertz CT molecular complexity index is 505. The summed E-state index contributed by atoms with van der Waals surface area (Å²) in [7, 11) is 0. The highest BCUT2D eigenvalue weighted by Crippen LogP contribution is 2.13. The number of nitrogens with two attached hydrogens (primary N) is 1. The summed E-state index contributed by atoms with van der Waals surface area (Å²) in [6.45, 7) is 0.823. The molecule has 0 bridgehead atoms. The third-order valence-electron chi connectivity index (χ3n) is 2.16. The summed E-state index contributed by atoms with van der Waals surface area (Å²) in [6, 6.07) is 10.0. The Morgan fingerprint density at radius 3 is 2.94 bits per heavy atom. The molecule has 1 heterocycles. The van der Waals surface area contributed by atoms with Gasteiger partial charge in [0, 0.05) is 17.2 Å². The third-order valence-corrected chi connectivity index (χ3v) is 2.65. The van der Waals surface area contributed by atoms with Gasteiger partial charge in [0.25, 0.3) is 0 Å². The van der Waals surface area contributed by atoms with E-state index in [1.54, 1.807) is 12.3 Å². The maximum atomic E-state index is 5.49. The Kier molecular flexibility index (Phi) is 4.06. The summed E-state index contributed by atoms with van der Waals surface area (Å²) in [6.07, 6.45) is 1.64. The fraction of sp³-hybridized carbons (Fsp3) is 0.167. The van der Waals surface area contributed by atoms with Crippen molar-refractivity contribution in [1.29, 1.82) is 0 Å². The molecule has 88 valence electrons. The number of rotatable bonds is 4. The van der Waals surface area contributed by atoms with E-state index in [0.29, 0.717) is 19.2 Å². The number of hydrogen-bond acceptors (Lipinski definition) is 4. The zero-order valence-electron chi connectivity index (χ0n) is 9.14. The second kappa shape index (κ2) is 5.75. The van der Waals surface area contributed by atoms with Crippen molar-refractivity contribution in [3.63, 3.8) is 0 Å². The molecule has 0 unspecified atom stereocenters. The van der Waals surface area contributed by atoms with E-state index in [9.17, 15) is 0 Å². The van der Waals surface area contributed by atoms with Gasteiger partial charge < -0.3 is 10.5 Å². The van der Waals surface area contributed by atoms with E-state index in [1.165, 1.54) is 0 Å². The van der Waals surface area contributed by atoms with Gasteiger partial charge in [-0.05, 0) is 23.8 Å². The third kappa shape index (κ3) is 3.51. The monoisotopic (exact) mass is 293 g/mol. The summed E-state index contributed by atoms with van der Waals surface area (Å²) in [5, 5.41) is 0. The van der Waals surface area contributed by atoms with Crippen LogP contribution in [0.15, 0.2) is 41.0 Å². The van der Waals surface area contributed by atoms with Crippen LogP contribution in [-0.4, -0.2) is 9.97 Å². The topological polar surface area (TPSA) is 61.0 Å². The van der Waals surface area contributed by atoms with Gasteiger partial charge in [-0.3, -0.25) is 0 Å². The van der Waals surface area contributed by atoms with Crippen molar-refractivity contribution in [2.24, 2.45) is 5.73 Å². The molecule has 0 saturated carbocycles. The number of aromatic nitrogens is 2. The van der Waals surface area contributed by atoms with Gasteiger partial charge >= 0.3 is 6.01 Å². The average Bonchev–Trinajstić information content (AvgIpc) is 2.37. The summed E-state index contributed by atoms with van der Waals surface area (Å²) >= 11 is 3.41. The van der Waals surface area contributed by atoms with Crippen molar-refractivity contribution >= 4 is 15.9 Å². The molecule has 0 spiro atoms. The van der Waals surface area contributed by atoms with Crippen molar-refractivity contribution in [3.05, 3.63) is 52.3 Å². The number of nitrogens with zero attached hydrogens (tertiary/aromatic N) is 2. The summed E-state index contributed by atoms with van der Waals surface area (Å²) in [5.74, 6) is 0. The fourth-order valence-electron chi connectivity index (χ4n) is 1.33.